The Morgan fingerprint density at radius 2 is 1.87 bits per heavy atom. The van der Waals surface area contributed by atoms with Crippen LogP contribution >= 0.6 is 0 Å². The number of rotatable bonds is 9. The van der Waals surface area contributed by atoms with Crippen LogP contribution in [0.3, 0.4) is 0 Å². The quantitative estimate of drug-likeness (QED) is 0.428. The topological polar surface area (TPSA) is 116 Å². The third-order valence-corrected chi connectivity index (χ3v) is 6.72. The molecule has 0 saturated carbocycles. The number of benzene rings is 2. The van der Waals surface area contributed by atoms with Crippen molar-refractivity contribution in [2.75, 3.05) is 24.7 Å². The summed E-state index contributed by atoms with van der Waals surface area (Å²) < 4.78 is 34.8. The monoisotopic (exact) mass is 448 g/mol. The van der Waals surface area contributed by atoms with Crippen molar-refractivity contribution in [3.63, 3.8) is 0 Å². The van der Waals surface area contributed by atoms with Gasteiger partial charge in [-0.3, -0.25) is 14.9 Å². The second kappa shape index (κ2) is 9.78. The van der Waals surface area contributed by atoms with Crippen molar-refractivity contribution in [1.29, 1.82) is 0 Å². The molecular formula is C21H24N2O7S. The molecule has 1 aliphatic heterocycles. The number of sulfone groups is 1. The van der Waals surface area contributed by atoms with E-state index in [1.807, 2.05) is 19.1 Å². The summed E-state index contributed by atoms with van der Waals surface area (Å²) in [5.41, 5.74) is 0.573. The molecule has 1 unspecified atom stereocenters. The Kier molecular flexibility index (Phi) is 7.11. The Labute approximate surface area is 180 Å². The molecule has 166 valence electrons. The Balaban J connectivity index is 1.76. The lowest BCUT2D eigenvalue weighted by Gasteiger charge is -2.28. The van der Waals surface area contributed by atoms with Crippen molar-refractivity contribution >= 4 is 21.4 Å². The summed E-state index contributed by atoms with van der Waals surface area (Å²) in [4.78, 5) is 25.0. The molecule has 3 rings (SSSR count). The minimum Gasteiger partial charge on any atom is -0.494 e. The summed E-state index contributed by atoms with van der Waals surface area (Å²) in [5, 5.41) is 11.1. The highest BCUT2D eigenvalue weighted by Gasteiger charge is 2.35. The number of nitro benzene ring substituents is 1. The van der Waals surface area contributed by atoms with Gasteiger partial charge in [-0.15, -0.1) is 0 Å². The number of para-hydroxylation sites is 2. The van der Waals surface area contributed by atoms with Crippen LogP contribution in [0.25, 0.3) is 0 Å². The minimum absolute atomic E-state index is 0.0130. The first-order chi connectivity index (χ1) is 14.8. The van der Waals surface area contributed by atoms with E-state index in [1.165, 1.54) is 23.1 Å². The highest BCUT2D eigenvalue weighted by molar-refractivity contribution is 7.91. The van der Waals surface area contributed by atoms with E-state index in [-0.39, 0.29) is 29.5 Å². The molecule has 1 atom stereocenters. The molecule has 0 bridgehead atoms. The minimum atomic E-state index is -3.21. The number of hydrogen-bond acceptors (Lipinski definition) is 7. The number of ether oxygens (including phenoxy) is 2. The van der Waals surface area contributed by atoms with E-state index in [2.05, 4.69) is 0 Å². The van der Waals surface area contributed by atoms with E-state index < -0.39 is 33.3 Å². The average molecular weight is 448 g/mol. The zero-order valence-corrected chi connectivity index (χ0v) is 17.9. The maximum Gasteiger partial charge on any atom is 0.310 e. The highest BCUT2D eigenvalue weighted by Crippen LogP contribution is 2.26. The molecule has 0 spiro atoms. The second-order valence-corrected chi connectivity index (χ2v) is 9.40. The molecule has 1 aliphatic rings. The van der Waals surface area contributed by atoms with Gasteiger partial charge in [0.25, 0.3) is 5.91 Å². The fraction of sp³-hybridized carbons (Fsp3) is 0.381. The van der Waals surface area contributed by atoms with Crippen LogP contribution in [-0.4, -0.2) is 54.9 Å². The fourth-order valence-electron chi connectivity index (χ4n) is 3.45. The maximum atomic E-state index is 13.0. The summed E-state index contributed by atoms with van der Waals surface area (Å²) in [7, 11) is -3.21. The Morgan fingerprint density at radius 1 is 1.16 bits per heavy atom. The van der Waals surface area contributed by atoms with E-state index >= 15 is 0 Å². The van der Waals surface area contributed by atoms with Gasteiger partial charge in [0.2, 0.25) is 0 Å². The van der Waals surface area contributed by atoms with Crippen LogP contribution < -0.4 is 9.47 Å². The van der Waals surface area contributed by atoms with Gasteiger partial charge in [-0.1, -0.05) is 24.3 Å². The molecule has 2 aromatic carbocycles. The second-order valence-electron chi connectivity index (χ2n) is 7.17. The van der Waals surface area contributed by atoms with Crippen molar-refractivity contribution < 1.29 is 27.6 Å². The van der Waals surface area contributed by atoms with Crippen molar-refractivity contribution in [1.82, 2.24) is 4.90 Å². The number of hydrogen-bond donors (Lipinski definition) is 0. The third-order valence-electron chi connectivity index (χ3n) is 4.97. The van der Waals surface area contributed by atoms with Gasteiger partial charge in [-0.05, 0) is 37.1 Å². The van der Waals surface area contributed by atoms with E-state index in [0.717, 1.165) is 5.56 Å². The van der Waals surface area contributed by atoms with Crippen molar-refractivity contribution in [2.24, 2.45) is 0 Å². The number of amides is 1. The van der Waals surface area contributed by atoms with Gasteiger partial charge in [0.15, 0.2) is 22.2 Å². The van der Waals surface area contributed by atoms with Gasteiger partial charge in [0.05, 0.1) is 23.0 Å². The molecule has 1 heterocycles. The summed E-state index contributed by atoms with van der Waals surface area (Å²) in [6.07, 6.45) is 0.344. The van der Waals surface area contributed by atoms with Gasteiger partial charge in [0, 0.05) is 18.7 Å². The van der Waals surface area contributed by atoms with Crippen LogP contribution in [-0.2, 0) is 21.2 Å². The van der Waals surface area contributed by atoms with Crippen molar-refractivity contribution in [3.05, 3.63) is 64.2 Å². The molecule has 31 heavy (non-hydrogen) atoms. The summed E-state index contributed by atoms with van der Waals surface area (Å²) in [5.74, 6) is 0.166. The molecular weight excluding hydrogens is 424 g/mol. The van der Waals surface area contributed by atoms with Gasteiger partial charge < -0.3 is 14.4 Å². The Hall–Kier alpha value is -3.14. The standard InChI is InChI=1S/C21H24N2O7S/c1-2-29-18-9-7-16(8-10-18)13-22(17-11-12-31(27,28)15-17)21(24)14-30-20-6-4-3-5-19(20)23(25)26/h3-10,17H,2,11-15H2,1H3. The number of nitrogens with zero attached hydrogens (tertiary/aromatic N) is 2. The van der Waals surface area contributed by atoms with Crippen molar-refractivity contribution in [2.45, 2.75) is 25.9 Å². The maximum absolute atomic E-state index is 13.0. The van der Waals surface area contributed by atoms with E-state index in [0.29, 0.717) is 18.8 Å². The smallest absolute Gasteiger partial charge is 0.310 e. The molecule has 10 heteroatoms. The van der Waals surface area contributed by atoms with E-state index in [1.54, 1.807) is 18.2 Å². The lowest BCUT2D eigenvalue weighted by atomic mass is 10.1. The van der Waals surface area contributed by atoms with Crippen LogP contribution in [0.2, 0.25) is 0 Å². The van der Waals surface area contributed by atoms with Crippen LogP contribution in [0, 0.1) is 10.1 Å². The molecule has 0 radical (unpaired) electrons. The number of carbonyl (C=O) groups excluding carboxylic acids is 1. The SMILES string of the molecule is CCOc1ccc(CN(C(=O)COc2ccccc2[N+](=O)[O-])C2CCS(=O)(=O)C2)cc1. The van der Waals surface area contributed by atoms with Gasteiger partial charge in [-0.25, -0.2) is 8.42 Å². The lowest BCUT2D eigenvalue weighted by molar-refractivity contribution is -0.385. The molecule has 1 fully saturated rings. The zero-order valence-electron chi connectivity index (χ0n) is 17.1. The van der Waals surface area contributed by atoms with Gasteiger partial charge >= 0.3 is 5.69 Å². The number of nitro groups is 1. The molecule has 1 amide bonds. The van der Waals surface area contributed by atoms with E-state index in [4.69, 9.17) is 9.47 Å². The van der Waals surface area contributed by atoms with Crippen LogP contribution in [0.5, 0.6) is 11.5 Å². The summed E-state index contributed by atoms with van der Waals surface area (Å²) >= 11 is 0. The van der Waals surface area contributed by atoms with Crippen LogP contribution in [0.4, 0.5) is 5.69 Å². The Bertz CT molecular complexity index is 1040. The Morgan fingerprint density at radius 3 is 2.48 bits per heavy atom. The normalized spacial score (nSPS) is 17.1. The first kappa shape index (κ1) is 22.5. The molecule has 0 aromatic heterocycles. The average Bonchev–Trinajstić information content (AvgIpc) is 3.11. The molecule has 0 aliphatic carbocycles. The van der Waals surface area contributed by atoms with Gasteiger partial charge in [-0.2, -0.15) is 0 Å². The molecule has 9 nitrogen and oxygen atoms in total. The first-order valence-electron chi connectivity index (χ1n) is 9.87. The van der Waals surface area contributed by atoms with E-state index in [9.17, 15) is 23.3 Å². The van der Waals surface area contributed by atoms with Crippen LogP contribution in [0.1, 0.15) is 18.9 Å². The highest BCUT2D eigenvalue weighted by atomic mass is 32.2. The van der Waals surface area contributed by atoms with Gasteiger partial charge in [0.1, 0.15) is 5.75 Å². The summed E-state index contributed by atoms with van der Waals surface area (Å²) in [6.45, 7) is 2.18. The fourth-order valence-corrected chi connectivity index (χ4v) is 5.18. The van der Waals surface area contributed by atoms with Crippen LogP contribution in [0.15, 0.2) is 48.5 Å². The zero-order chi connectivity index (χ0) is 22.4. The number of carbonyl (C=O) groups is 1. The predicted molar refractivity (Wildman–Crippen MR) is 114 cm³/mol. The molecule has 2 aromatic rings. The largest absolute Gasteiger partial charge is 0.494 e. The predicted octanol–water partition coefficient (Wildman–Crippen LogP) is 2.59. The first-order valence-corrected chi connectivity index (χ1v) is 11.7. The molecule has 0 N–H and O–H groups in total. The molecule has 1 saturated heterocycles. The third kappa shape index (κ3) is 5.94. The lowest BCUT2D eigenvalue weighted by Crippen LogP contribution is -2.43. The van der Waals surface area contributed by atoms with Crippen molar-refractivity contribution in [3.8, 4) is 11.5 Å². The summed E-state index contributed by atoms with van der Waals surface area (Å²) in [6, 6.07) is 12.5.